The normalized spacial score (nSPS) is 11.5. The quantitative estimate of drug-likeness (QED) is 0.564. The van der Waals surface area contributed by atoms with Crippen molar-refractivity contribution in [3.8, 4) is 0 Å². The molecule has 2 rings (SSSR count). The summed E-state index contributed by atoms with van der Waals surface area (Å²) in [5.41, 5.74) is 6.13. The van der Waals surface area contributed by atoms with Gasteiger partial charge in [-0.3, -0.25) is 0 Å². The molecule has 2 N–H and O–H groups in total. The van der Waals surface area contributed by atoms with Crippen LogP contribution in [0.15, 0.2) is 42.4 Å². The van der Waals surface area contributed by atoms with Crippen molar-refractivity contribution < 1.29 is 1.37 Å². The fourth-order valence-electron chi connectivity index (χ4n) is 1.13. The molecule has 0 aliphatic carbocycles. The summed E-state index contributed by atoms with van der Waals surface area (Å²) >= 11 is 0. The van der Waals surface area contributed by atoms with Gasteiger partial charge in [0, 0.05) is 5.69 Å². The SMILES string of the molecule is [2H]c1c(N)ccc2ccccc12. The van der Waals surface area contributed by atoms with Gasteiger partial charge in [-0.25, -0.2) is 0 Å². The third-order valence-corrected chi connectivity index (χ3v) is 1.68. The van der Waals surface area contributed by atoms with Crippen molar-refractivity contribution in [2.24, 2.45) is 0 Å². The molecule has 2 aromatic rings. The summed E-state index contributed by atoms with van der Waals surface area (Å²) in [5, 5.41) is 1.98. The molecule has 0 saturated heterocycles. The van der Waals surface area contributed by atoms with E-state index in [0.29, 0.717) is 11.7 Å². The smallest absolute Gasteiger partial charge is 0.0651 e. The number of benzene rings is 2. The lowest BCUT2D eigenvalue weighted by Gasteiger charge is -1.96. The van der Waals surface area contributed by atoms with E-state index in [1.165, 1.54) is 0 Å². The van der Waals surface area contributed by atoms with Gasteiger partial charge in [-0.2, -0.15) is 0 Å². The predicted molar refractivity (Wildman–Crippen MR) is 48.4 cm³/mol. The number of anilines is 1. The second kappa shape index (κ2) is 2.27. The number of hydrogen-bond donors (Lipinski definition) is 1. The van der Waals surface area contributed by atoms with Crippen LogP contribution in [0.25, 0.3) is 10.8 Å². The first-order valence-corrected chi connectivity index (χ1v) is 3.53. The molecule has 0 unspecified atom stereocenters. The Morgan fingerprint density at radius 3 is 2.55 bits per heavy atom. The Hall–Kier alpha value is -1.50. The summed E-state index contributed by atoms with van der Waals surface area (Å²) in [6.07, 6.45) is 0. The summed E-state index contributed by atoms with van der Waals surface area (Å²) < 4.78 is 7.66. The standard InChI is InChI=1S/C10H9N/c11-10-6-5-8-3-1-2-4-9(8)7-10/h1-7H,11H2/i7D. The van der Waals surface area contributed by atoms with E-state index < -0.39 is 0 Å². The Balaban J connectivity index is 2.91. The molecule has 0 heterocycles. The van der Waals surface area contributed by atoms with Crippen LogP contribution in [-0.4, -0.2) is 0 Å². The van der Waals surface area contributed by atoms with Crippen molar-refractivity contribution in [2.45, 2.75) is 0 Å². The maximum Gasteiger partial charge on any atom is 0.0651 e. The summed E-state index contributed by atoms with van der Waals surface area (Å²) in [6.45, 7) is 0. The lowest BCUT2D eigenvalue weighted by atomic mass is 10.1. The molecule has 0 fully saturated rings. The molecule has 54 valence electrons. The van der Waals surface area contributed by atoms with Crippen molar-refractivity contribution in [3.63, 3.8) is 0 Å². The van der Waals surface area contributed by atoms with Gasteiger partial charge in [0.15, 0.2) is 0 Å². The van der Waals surface area contributed by atoms with Crippen LogP contribution in [0.3, 0.4) is 0 Å². The number of rotatable bonds is 0. The van der Waals surface area contributed by atoms with Crippen LogP contribution in [0.2, 0.25) is 0 Å². The van der Waals surface area contributed by atoms with E-state index in [-0.39, 0.29) is 0 Å². The number of hydrogen-bond acceptors (Lipinski definition) is 1. The van der Waals surface area contributed by atoms with E-state index in [1.54, 1.807) is 6.07 Å². The number of nitrogens with two attached hydrogens (primary N) is 1. The van der Waals surface area contributed by atoms with Crippen molar-refractivity contribution in [1.29, 1.82) is 0 Å². The summed E-state index contributed by atoms with van der Waals surface area (Å²) in [6, 6.07) is 11.9. The average molecular weight is 144 g/mol. The molecular formula is C10H9N. The van der Waals surface area contributed by atoms with Crippen LogP contribution < -0.4 is 5.73 Å². The second-order valence-corrected chi connectivity index (χ2v) is 2.50. The Kier molecular flexibility index (Phi) is 1.07. The molecule has 0 atom stereocenters. The Morgan fingerprint density at radius 1 is 1.00 bits per heavy atom. The Morgan fingerprint density at radius 2 is 1.73 bits per heavy atom. The van der Waals surface area contributed by atoms with Crippen LogP contribution in [0.1, 0.15) is 1.37 Å². The molecule has 1 nitrogen and oxygen atoms in total. The van der Waals surface area contributed by atoms with Gasteiger partial charge in [0.05, 0.1) is 1.37 Å². The zero-order valence-corrected chi connectivity index (χ0v) is 6.04. The number of nitrogen functional groups attached to an aromatic ring is 1. The third-order valence-electron chi connectivity index (χ3n) is 1.68. The topological polar surface area (TPSA) is 26.0 Å². The summed E-state index contributed by atoms with van der Waals surface area (Å²) in [7, 11) is 0. The Labute approximate surface area is 66.9 Å². The van der Waals surface area contributed by atoms with Gasteiger partial charge in [-0.1, -0.05) is 30.3 Å². The molecule has 1 heteroatoms. The summed E-state index contributed by atoms with van der Waals surface area (Å²) in [4.78, 5) is 0. The maximum atomic E-state index is 7.66. The van der Waals surface area contributed by atoms with E-state index in [1.807, 2.05) is 30.3 Å². The molecule has 0 radical (unpaired) electrons. The average Bonchev–Trinajstić information content (AvgIpc) is 2.12. The highest BCUT2D eigenvalue weighted by Gasteiger charge is 1.89. The minimum Gasteiger partial charge on any atom is -0.399 e. The largest absolute Gasteiger partial charge is 0.399 e. The highest BCUT2D eigenvalue weighted by molar-refractivity contribution is 5.85. The minimum absolute atomic E-state index is 0.424. The van der Waals surface area contributed by atoms with Crippen molar-refractivity contribution in [1.82, 2.24) is 0 Å². The van der Waals surface area contributed by atoms with Gasteiger partial charge in [0.25, 0.3) is 0 Å². The fourth-order valence-corrected chi connectivity index (χ4v) is 1.13. The lowest BCUT2D eigenvalue weighted by Crippen LogP contribution is -1.82. The van der Waals surface area contributed by atoms with Gasteiger partial charge in [0.1, 0.15) is 0 Å². The molecule has 11 heavy (non-hydrogen) atoms. The van der Waals surface area contributed by atoms with Crippen LogP contribution in [0.5, 0.6) is 0 Å². The molecule has 0 spiro atoms. The number of fused-ring (bicyclic) bond motifs is 1. The molecule has 0 amide bonds. The van der Waals surface area contributed by atoms with E-state index >= 15 is 0 Å². The van der Waals surface area contributed by atoms with Crippen LogP contribution in [0.4, 0.5) is 5.69 Å². The molecule has 0 saturated carbocycles. The van der Waals surface area contributed by atoms with E-state index in [2.05, 4.69) is 0 Å². The first kappa shape index (κ1) is 5.19. The maximum absolute atomic E-state index is 7.66. The van der Waals surface area contributed by atoms with Crippen LogP contribution in [0, 0.1) is 0 Å². The molecular weight excluding hydrogens is 134 g/mol. The van der Waals surface area contributed by atoms with Crippen molar-refractivity contribution in [2.75, 3.05) is 5.73 Å². The van der Waals surface area contributed by atoms with Gasteiger partial charge in [-0.15, -0.1) is 0 Å². The van der Waals surface area contributed by atoms with Crippen molar-refractivity contribution in [3.05, 3.63) is 42.4 Å². The van der Waals surface area contributed by atoms with Gasteiger partial charge >= 0.3 is 0 Å². The third kappa shape index (κ3) is 1.05. The first-order valence-electron chi connectivity index (χ1n) is 4.03. The fraction of sp³-hybridized carbons (Fsp3) is 0. The molecule has 0 aliphatic heterocycles. The van der Waals surface area contributed by atoms with Crippen LogP contribution >= 0.6 is 0 Å². The first-order chi connectivity index (χ1) is 5.79. The summed E-state index contributed by atoms with van der Waals surface area (Å²) in [5.74, 6) is 0. The second-order valence-electron chi connectivity index (χ2n) is 2.50. The Bertz CT molecular complexity index is 423. The minimum atomic E-state index is 0.424. The predicted octanol–water partition coefficient (Wildman–Crippen LogP) is 2.42. The van der Waals surface area contributed by atoms with Crippen LogP contribution in [-0.2, 0) is 0 Å². The van der Waals surface area contributed by atoms with Gasteiger partial charge in [0.2, 0.25) is 0 Å². The zero-order valence-electron chi connectivity index (χ0n) is 7.04. The monoisotopic (exact) mass is 144 g/mol. The molecule has 0 aromatic heterocycles. The molecule has 0 aliphatic rings. The molecule has 0 bridgehead atoms. The van der Waals surface area contributed by atoms with Gasteiger partial charge in [-0.05, 0) is 22.9 Å². The zero-order chi connectivity index (χ0) is 8.55. The van der Waals surface area contributed by atoms with Gasteiger partial charge < -0.3 is 5.73 Å². The van der Waals surface area contributed by atoms with E-state index in [9.17, 15) is 0 Å². The highest BCUT2D eigenvalue weighted by Crippen LogP contribution is 2.15. The lowest BCUT2D eigenvalue weighted by molar-refractivity contribution is 1.73. The molecule has 2 aromatic carbocycles. The van der Waals surface area contributed by atoms with Crippen molar-refractivity contribution >= 4 is 16.5 Å². The van der Waals surface area contributed by atoms with E-state index in [0.717, 1.165) is 10.8 Å². The highest BCUT2D eigenvalue weighted by atomic mass is 14.5. The van der Waals surface area contributed by atoms with E-state index in [4.69, 9.17) is 7.10 Å².